The normalized spacial score (nSPS) is 12.8. The molecule has 1 aromatic heterocycles. The van der Waals surface area contributed by atoms with Crippen LogP contribution in [-0.2, 0) is 10.2 Å². The molecule has 1 heterocycles. The summed E-state index contributed by atoms with van der Waals surface area (Å²) in [4.78, 5) is 43.6. The Labute approximate surface area is 129 Å². The van der Waals surface area contributed by atoms with Gasteiger partial charge >= 0.3 is 5.97 Å². The fourth-order valence-electron chi connectivity index (χ4n) is 1.96. The number of rotatable bonds is 4. The fraction of sp³-hybridized carbons (Fsp3) is 0.600. The van der Waals surface area contributed by atoms with Crippen molar-refractivity contribution < 1.29 is 14.7 Å². The van der Waals surface area contributed by atoms with Gasteiger partial charge in [0.2, 0.25) is 0 Å². The minimum absolute atomic E-state index is 0.0219. The highest BCUT2D eigenvalue weighted by Gasteiger charge is 2.25. The monoisotopic (exact) mass is 309 g/mol. The van der Waals surface area contributed by atoms with Gasteiger partial charge in [0.05, 0.1) is 11.6 Å². The number of H-pyrrole nitrogens is 1. The molecule has 2 N–H and O–H groups in total. The molecule has 0 aromatic carbocycles. The Morgan fingerprint density at radius 2 is 1.91 bits per heavy atom. The number of aromatic amines is 1. The molecule has 7 nitrogen and oxygen atoms in total. The number of aromatic nitrogens is 2. The van der Waals surface area contributed by atoms with E-state index in [0.29, 0.717) is 11.5 Å². The van der Waals surface area contributed by atoms with Crippen molar-refractivity contribution in [2.75, 3.05) is 13.6 Å². The summed E-state index contributed by atoms with van der Waals surface area (Å²) in [6.45, 7) is 8.86. The second-order valence-corrected chi connectivity index (χ2v) is 6.55. The third-order valence-corrected chi connectivity index (χ3v) is 3.34. The zero-order chi connectivity index (χ0) is 17.2. The van der Waals surface area contributed by atoms with Crippen molar-refractivity contribution in [2.24, 2.45) is 5.92 Å². The number of carboxylic acids is 1. The minimum atomic E-state index is -0.994. The number of carbonyl (C=O) groups excluding carboxylic acids is 1. The number of amides is 1. The maximum absolute atomic E-state index is 12.4. The van der Waals surface area contributed by atoms with Crippen LogP contribution in [0.4, 0.5) is 0 Å². The molecule has 1 aromatic rings. The first-order valence-electron chi connectivity index (χ1n) is 7.04. The van der Waals surface area contributed by atoms with Crippen molar-refractivity contribution in [3.8, 4) is 0 Å². The van der Waals surface area contributed by atoms with E-state index < -0.39 is 23.4 Å². The third kappa shape index (κ3) is 3.93. The molecule has 122 valence electrons. The summed E-state index contributed by atoms with van der Waals surface area (Å²) in [5.74, 6) is -1.73. The van der Waals surface area contributed by atoms with Crippen molar-refractivity contribution in [3.05, 3.63) is 27.4 Å². The number of nitrogens with one attached hydrogen (secondary N) is 1. The summed E-state index contributed by atoms with van der Waals surface area (Å²) < 4.78 is 0. The minimum Gasteiger partial charge on any atom is -0.481 e. The molecule has 0 saturated heterocycles. The predicted molar refractivity (Wildman–Crippen MR) is 82.1 cm³/mol. The van der Waals surface area contributed by atoms with E-state index in [4.69, 9.17) is 5.11 Å². The number of hydrogen-bond acceptors (Lipinski definition) is 4. The van der Waals surface area contributed by atoms with Crippen LogP contribution in [0.1, 0.15) is 49.6 Å². The van der Waals surface area contributed by atoms with Crippen molar-refractivity contribution in [1.82, 2.24) is 14.9 Å². The summed E-state index contributed by atoms with van der Waals surface area (Å²) in [5.41, 5.74) is -0.547. The van der Waals surface area contributed by atoms with Gasteiger partial charge < -0.3 is 15.0 Å². The Bertz CT molecular complexity index is 643. The smallest absolute Gasteiger partial charge is 0.308 e. The highest BCUT2D eigenvalue weighted by molar-refractivity contribution is 5.94. The van der Waals surface area contributed by atoms with Gasteiger partial charge in [-0.25, -0.2) is 4.98 Å². The first-order chi connectivity index (χ1) is 9.95. The molecule has 0 fully saturated rings. The quantitative estimate of drug-likeness (QED) is 0.869. The van der Waals surface area contributed by atoms with Crippen LogP contribution in [0.3, 0.4) is 0 Å². The molecule has 0 radical (unpaired) electrons. The van der Waals surface area contributed by atoms with E-state index in [1.165, 1.54) is 18.9 Å². The summed E-state index contributed by atoms with van der Waals surface area (Å²) in [7, 11) is 1.47. The molecular formula is C15H23N3O4. The van der Waals surface area contributed by atoms with Gasteiger partial charge in [-0.15, -0.1) is 0 Å². The lowest BCUT2D eigenvalue weighted by molar-refractivity contribution is -0.141. The van der Waals surface area contributed by atoms with E-state index in [0.717, 1.165) is 0 Å². The van der Waals surface area contributed by atoms with Gasteiger partial charge in [-0.3, -0.25) is 14.4 Å². The van der Waals surface area contributed by atoms with Crippen LogP contribution >= 0.6 is 0 Å². The molecule has 0 spiro atoms. The molecular weight excluding hydrogens is 286 g/mol. The molecule has 1 unspecified atom stereocenters. The molecule has 0 saturated carbocycles. The number of carbonyl (C=O) groups is 2. The van der Waals surface area contributed by atoms with Crippen LogP contribution in [0.25, 0.3) is 0 Å². The van der Waals surface area contributed by atoms with E-state index in [9.17, 15) is 14.4 Å². The van der Waals surface area contributed by atoms with E-state index >= 15 is 0 Å². The Morgan fingerprint density at radius 3 is 2.32 bits per heavy atom. The zero-order valence-corrected chi connectivity index (χ0v) is 13.9. The predicted octanol–water partition coefficient (Wildman–Crippen LogP) is 1.17. The number of carboxylic acid groups (broad SMARTS) is 1. The van der Waals surface area contributed by atoms with Crippen LogP contribution in [0.2, 0.25) is 0 Å². The maximum Gasteiger partial charge on any atom is 0.308 e. The SMILES string of the molecule is Cc1nc(C(C)(C)C)[nH]c(=O)c1C(=O)N(C)CC(C)C(=O)O. The summed E-state index contributed by atoms with van der Waals surface area (Å²) >= 11 is 0. The van der Waals surface area contributed by atoms with Crippen LogP contribution < -0.4 is 5.56 Å². The zero-order valence-electron chi connectivity index (χ0n) is 13.9. The molecule has 1 atom stereocenters. The first-order valence-corrected chi connectivity index (χ1v) is 7.04. The average molecular weight is 309 g/mol. The molecule has 7 heteroatoms. The van der Waals surface area contributed by atoms with Gasteiger partial charge in [0.15, 0.2) is 0 Å². The van der Waals surface area contributed by atoms with Gasteiger partial charge in [0.25, 0.3) is 11.5 Å². The van der Waals surface area contributed by atoms with Gasteiger partial charge in [-0.1, -0.05) is 27.7 Å². The van der Waals surface area contributed by atoms with Gasteiger partial charge in [-0.05, 0) is 6.92 Å². The van der Waals surface area contributed by atoms with Crippen molar-refractivity contribution >= 4 is 11.9 Å². The molecule has 22 heavy (non-hydrogen) atoms. The summed E-state index contributed by atoms with van der Waals surface area (Å²) in [6, 6.07) is 0. The Hall–Kier alpha value is -2.18. The molecule has 0 aliphatic rings. The van der Waals surface area contributed by atoms with Crippen molar-refractivity contribution in [1.29, 1.82) is 0 Å². The molecule has 0 bridgehead atoms. The van der Waals surface area contributed by atoms with E-state index in [2.05, 4.69) is 9.97 Å². The Kier molecular flexibility index (Phi) is 5.11. The summed E-state index contributed by atoms with van der Waals surface area (Å²) in [5, 5.41) is 8.90. The number of aryl methyl sites for hydroxylation is 1. The summed E-state index contributed by atoms with van der Waals surface area (Å²) in [6.07, 6.45) is 0. The van der Waals surface area contributed by atoms with Crippen molar-refractivity contribution in [2.45, 2.75) is 40.0 Å². The fourth-order valence-corrected chi connectivity index (χ4v) is 1.96. The second-order valence-electron chi connectivity index (χ2n) is 6.55. The lowest BCUT2D eigenvalue weighted by atomic mass is 9.95. The molecule has 0 aliphatic heterocycles. The molecule has 1 rings (SSSR count). The number of nitrogens with zero attached hydrogens (tertiary/aromatic N) is 2. The van der Waals surface area contributed by atoms with Gasteiger partial charge in [-0.2, -0.15) is 0 Å². The average Bonchev–Trinajstić information content (AvgIpc) is 2.36. The van der Waals surface area contributed by atoms with Crippen molar-refractivity contribution in [3.63, 3.8) is 0 Å². The Balaban J connectivity index is 3.15. The lowest BCUT2D eigenvalue weighted by Gasteiger charge is -2.21. The highest BCUT2D eigenvalue weighted by Crippen LogP contribution is 2.17. The number of hydrogen-bond donors (Lipinski definition) is 2. The number of aliphatic carboxylic acids is 1. The second kappa shape index (κ2) is 6.29. The van der Waals surface area contributed by atoms with E-state index in [-0.39, 0.29) is 17.5 Å². The molecule has 0 aliphatic carbocycles. The van der Waals surface area contributed by atoms with Gasteiger partial charge in [0, 0.05) is 19.0 Å². The maximum atomic E-state index is 12.4. The lowest BCUT2D eigenvalue weighted by Crippen LogP contribution is -2.38. The highest BCUT2D eigenvalue weighted by atomic mass is 16.4. The van der Waals surface area contributed by atoms with E-state index in [1.807, 2.05) is 20.8 Å². The largest absolute Gasteiger partial charge is 0.481 e. The van der Waals surface area contributed by atoms with Crippen LogP contribution in [0.15, 0.2) is 4.79 Å². The standard InChI is InChI=1S/C15H23N3O4/c1-8(13(21)22)7-18(6)12(20)10-9(2)16-14(15(3,4)5)17-11(10)19/h8H,7H2,1-6H3,(H,21,22)(H,16,17,19). The Morgan fingerprint density at radius 1 is 1.36 bits per heavy atom. The van der Waals surface area contributed by atoms with E-state index in [1.54, 1.807) is 6.92 Å². The van der Waals surface area contributed by atoms with Crippen LogP contribution in [0.5, 0.6) is 0 Å². The third-order valence-electron chi connectivity index (χ3n) is 3.34. The topological polar surface area (TPSA) is 103 Å². The van der Waals surface area contributed by atoms with Crippen LogP contribution in [0, 0.1) is 12.8 Å². The van der Waals surface area contributed by atoms with Gasteiger partial charge in [0.1, 0.15) is 11.4 Å². The first kappa shape index (κ1) is 17.9. The van der Waals surface area contributed by atoms with Crippen LogP contribution in [-0.4, -0.2) is 45.4 Å². The molecule has 1 amide bonds.